The summed E-state index contributed by atoms with van der Waals surface area (Å²) in [4.78, 5) is 80.0. The molecule has 3 aromatic rings. The normalized spacial score (nSPS) is 10.7. The number of carbonyl (C=O) groups excluding carboxylic acids is 2. The van der Waals surface area contributed by atoms with Crippen molar-refractivity contribution in [2.45, 2.75) is 91.4 Å². The van der Waals surface area contributed by atoms with Crippen LogP contribution < -0.4 is 38.4 Å². The summed E-state index contributed by atoms with van der Waals surface area (Å²) in [5.74, 6) is -4.10. The predicted molar refractivity (Wildman–Crippen MR) is 201 cm³/mol. The fourth-order valence-corrected chi connectivity index (χ4v) is 5.53. The minimum atomic E-state index is -1.17. The Hall–Kier alpha value is -5.95. The summed E-state index contributed by atoms with van der Waals surface area (Å²) in [6, 6.07) is 4.04. The topological polar surface area (TPSA) is 312 Å². The summed E-state index contributed by atoms with van der Waals surface area (Å²) in [7, 11) is 5.16. The van der Waals surface area contributed by atoms with Gasteiger partial charge in [-0.3, -0.25) is 33.6 Å². The van der Waals surface area contributed by atoms with Gasteiger partial charge in [0.2, 0.25) is 28.1 Å². The van der Waals surface area contributed by atoms with Gasteiger partial charge in [0.15, 0.2) is 17.2 Å². The first kappa shape index (κ1) is 47.1. The number of amides is 2. The maximum Gasteiger partial charge on any atom is 0.303 e. The number of nitrogens with two attached hydrogens (primary N) is 2. The van der Waals surface area contributed by atoms with Gasteiger partial charge in [-0.15, -0.1) is 0 Å². The van der Waals surface area contributed by atoms with Crippen molar-refractivity contribution in [2.24, 2.45) is 32.6 Å². The highest BCUT2D eigenvalue weighted by atomic mass is 16.4. The Kier molecular flexibility index (Phi) is 18.0. The molecule has 3 heterocycles. The van der Waals surface area contributed by atoms with Gasteiger partial charge in [-0.05, 0) is 40.0 Å². The lowest BCUT2D eigenvalue weighted by atomic mass is 9.83. The summed E-state index contributed by atoms with van der Waals surface area (Å²) >= 11 is 0. The highest BCUT2D eigenvalue weighted by molar-refractivity contribution is 5.77. The monoisotopic (exact) mass is 775 g/mol. The molecule has 304 valence electrons. The molecular weight excluding hydrogens is 722 g/mol. The fourth-order valence-electron chi connectivity index (χ4n) is 5.53. The van der Waals surface area contributed by atoms with E-state index in [1.807, 2.05) is 0 Å². The van der Waals surface area contributed by atoms with Gasteiger partial charge in [0.25, 0.3) is 0 Å². The number of carbonyl (C=O) groups is 4. The van der Waals surface area contributed by atoms with Crippen LogP contribution in [0.5, 0.6) is 17.2 Å². The quantitative estimate of drug-likeness (QED) is 0.105. The Morgan fingerprint density at radius 1 is 0.636 bits per heavy atom. The minimum Gasteiger partial charge on any atom is -0.503 e. The van der Waals surface area contributed by atoms with Crippen molar-refractivity contribution in [1.82, 2.24) is 24.3 Å². The van der Waals surface area contributed by atoms with E-state index in [1.165, 1.54) is 25.1 Å². The molecule has 0 saturated carbocycles. The van der Waals surface area contributed by atoms with Crippen molar-refractivity contribution in [3.63, 3.8) is 0 Å². The Labute approximate surface area is 316 Å². The van der Waals surface area contributed by atoms with Crippen LogP contribution in [0.2, 0.25) is 0 Å². The van der Waals surface area contributed by atoms with Crippen molar-refractivity contribution in [1.29, 1.82) is 0 Å². The molecular formula is C36H53N7O12. The zero-order valence-electron chi connectivity index (χ0n) is 32.2. The van der Waals surface area contributed by atoms with Crippen molar-refractivity contribution in [3.8, 4) is 17.2 Å². The molecule has 3 aromatic heterocycles. The first-order chi connectivity index (χ1) is 25.5. The van der Waals surface area contributed by atoms with Crippen LogP contribution in [0.3, 0.4) is 0 Å². The number of aryl methyl sites for hydroxylation is 3. The van der Waals surface area contributed by atoms with E-state index in [0.29, 0.717) is 17.1 Å². The molecule has 3 rings (SSSR count). The number of aromatic nitrogens is 3. The van der Waals surface area contributed by atoms with Crippen molar-refractivity contribution >= 4 is 23.8 Å². The number of pyridine rings is 3. The highest BCUT2D eigenvalue weighted by Gasteiger charge is 2.33. The molecule has 2 amide bonds. The van der Waals surface area contributed by atoms with Crippen molar-refractivity contribution in [3.05, 3.63) is 83.0 Å². The Morgan fingerprint density at radius 3 is 1.29 bits per heavy atom. The van der Waals surface area contributed by atoms with Gasteiger partial charge in [0, 0.05) is 101 Å². The molecule has 0 aliphatic rings. The second-order valence-corrected chi connectivity index (χ2v) is 12.9. The molecule has 19 heteroatoms. The number of nitrogens with one attached hydrogen (secondary N) is 2. The van der Waals surface area contributed by atoms with E-state index in [0.717, 1.165) is 11.4 Å². The summed E-state index contributed by atoms with van der Waals surface area (Å²) in [5, 5.41) is 51.8. The maximum atomic E-state index is 12.4. The lowest BCUT2D eigenvalue weighted by Crippen LogP contribution is -2.49. The molecule has 0 bridgehead atoms. The number of carboxylic acids is 2. The van der Waals surface area contributed by atoms with Crippen LogP contribution >= 0.6 is 0 Å². The zero-order valence-corrected chi connectivity index (χ0v) is 32.2. The van der Waals surface area contributed by atoms with Gasteiger partial charge in [-0.1, -0.05) is 0 Å². The number of hydrogen-bond acceptors (Lipinski definition) is 12. The Morgan fingerprint density at radius 2 is 0.964 bits per heavy atom. The third-order valence-electron chi connectivity index (χ3n) is 9.09. The van der Waals surface area contributed by atoms with Gasteiger partial charge in [-0.2, -0.15) is 0 Å². The molecule has 0 saturated heterocycles. The minimum absolute atomic E-state index is 0.0255. The zero-order chi connectivity index (χ0) is 42.4. The van der Waals surface area contributed by atoms with Crippen LogP contribution in [0.25, 0.3) is 0 Å². The standard InChI is InChI=1S/C20H29N3O8.2C8H12N2O2/c1-12-10-15(25)19(31)14(23(12)3)11-21-16(26)4-7-20(22-13(2)24,8-5-17(27)28)9-6-18(29)30;2*1-5-3-7(11)8(12)6(4-9)10(5)2/h10,31H,4-9,11H2,1-3H3,(H,21,26)(H,22,24)(H,27,28)(H,29,30);2*3,12H,4,9H2,1-2H3. The summed E-state index contributed by atoms with van der Waals surface area (Å²) in [5.41, 5.74) is 11.6. The van der Waals surface area contributed by atoms with Crippen LogP contribution in [0.15, 0.2) is 32.6 Å². The van der Waals surface area contributed by atoms with Crippen molar-refractivity contribution < 1.29 is 44.7 Å². The van der Waals surface area contributed by atoms with Crippen molar-refractivity contribution in [2.75, 3.05) is 0 Å². The van der Waals surface area contributed by atoms with E-state index >= 15 is 0 Å². The average molecular weight is 776 g/mol. The third-order valence-corrected chi connectivity index (χ3v) is 9.09. The van der Waals surface area contributed by atoms with Crippen LogP contribution in [0.4, 0.5) is 0 Å². The SMILES string of the molecule is CC(=O)NC(CCC(=O)O)(CCC(=O)O)CCC(=O)NCc1c(O)c(=O)cc(C)n1C.Cc1cc(=O)c(O)c(CN)n1C.Cc1cc(=O)c(O)c(CN)n1C. The fraction of sp³-hybridized carbons (Fsp3) is 0.472. The molecule has 0 atom stereocenters. The van der Waals surface area contributed by atoms with E-state index in [9.17, 15) is 48.9 Å². The van der Waals surface area contributed by atoms with Crippen LogP contribution in [-0.2, 0) is 60.0 Å². The van der Waals surface area contributed by atoms with E-state index in [1.54, 1.807) is 55.6 Å². The Bertz CT molecular complexity index is 1960. The largest absolute Gasteiger partial charge is 0.503 e. The molecule has 0 spiro atoms. The number of nitrogens with zero attached hydrogens (tertiary/aromatic N) is 3. The van der Waals surface area contributed by atoms with Gasteiger partial charge >= 0.3 is 11.9 Å². The summed E-state index contributed by atoms with van der Waals surface area (Å²) in [6.07, 6.45) is -0.773. The smallest absolute Gasteiger partial charge is 0.303 e. The lowest BCUT2D eigenvalue weighted by molar-refractivity contribution is -0.138. The van der Waals surface area contributed by atoms with Crippen LogP contribution in [0.1, 0.15) is 79.6 Å². The molecule has 0 fully saturated rings. The number of aliphatic carboxylic acids is 2. The second-order valence-electron chi connectivity index (χ2n) is 12.9. The lowest BCUT2D eigenvalue weighted by Gasteiger charge is -2.34. The molecule has 55 heavy (non-hydrogen) atoms. The Balaban J connectivity index is 0.000000509. The average Bonchev–Trinajstić information content (AvgIpc) is 3.10. The highest BCUT2D eigenvalue weighted by Crippen LogP contribution is 2.26. The maximum absolute atomic E-state index is 12.4. The number of rotatable bonds is 14. The van der Waals surface area contributed by atoms with Gasteiger partial charge < -0.3 is 61.3 Å². The molecule has 0 aliphatic heterocycles. The van der Waals surface area contributed by atoms with E-state index in [4.69, 9.17) is 21.7 Å². The molecule has 0 aromatic carbocycles. The van der Waals surface area contributed by atoms with E-state index in [2.05, 4.69) is 10.6 Å². The molecule has 0 radical (unpaired) electrons. The van der Waals surface area contributed by atoms with Gasteiger partial charge in [-0.25, -0.2) is 0 Å². The molecule has 0 unspecified atom stereocenters. The van der Waals surface area contributed by atoms with Gasteiger partial charge in [0.05, 0.1) is 23.6 Å². The molecule has 19 nitrogen and oxygen atoms in total. The number of carboxylic acid groups (broad SMARTS) is 2. The predicted octanol–water partition coefficient (Wildman–Crippen LogP) is 0.116. The summed E-state index contributed by atoms with van der Waals surface area (Å²) in [6.45, 7) is 6.71. The first-order valence-electron chi connectivity index (χ1n) is 17.1. The van der Waals surface area contributed by atoms with Crippen LogP contribution in [0, 0.1) is 20.8 Å². The van der Waals surface area contributed by atoms with E-state index < -0.39 is 40.5 Å². The number of hydrogen-bond donors (Lipinski definition) is 9. The summed E-state index contributed by atoms with van der Waals surface area (Å²) < 4.78 is 4.98. The number of aromatic hydroxyl groups is 3. The third kappa shape index (κ3) is 13.8. The van der Waals surface area contributed by atoms with Gasteiger partial charge in [0.1, 0.15) is 0 Å². The molecule has 0 aliphatic carbocycles. The van der Waals surface area contributed by atoms with E-state index in [-0.39, 0.29) is 86.2 Å². The van der Waals surface area contributed by atoms with Crippen LogP contribution in [-0.4, -0.2) is 68.5 Å². The second kappa shape index (κ2) is 21.1. The molecule has 11 N–H and O–H groups in total. The first-order valence-corrected chi connectivity index (χ1v) is 17.1.